The van der Waals surface area contributed by atoms with Crippen molar-refractivity contribution in [2.45, 2.75) is 89.3 Å². The van der Waals surface area contributed by atoms with Gasteiger partial charge in [-0.3, -0.25) is 9.69 Å². The monoisotopic (exact) mass is 492 g/mol. The molecule has 0 bridgehead atoms. The van der Waals surface area contributed by atoms with Crippen molar-refractivity contribution in [3.8, 4) is 0 Å². The van der Waals surface area contributed by atoms with Gasteiger partial charge in [0.25, 0.3) is 0 Å². The summed E-state index contributed by atoms with van der Waals surface area (Å²) in [6.07, 6.45) is 10.5. The zero-order valence-electron chi connectivity index (χ0n) is 21.3. The summed E-state index contributed by atoms with van der Waals surface area (Å²) in [6, 6.07) is 13.4. The van der Waals surface area contributed by atoms with Gasteiger partial charge in [0.15, 0.2) is 0 Å². The minimum absolute atomic E-state index is 0.150. The molecule has 1 unspecified atom stereocenters. The molecule has 0 saturated carbocycles. The smallest absolute Gasteiger partial charge is 0.326 e. The van der Waals surface area contributed by atoms with Crippen molar-refractivity contribution >= 4 is 17.7 Å². The number of carboxylic acid groups (broad SMARTS) is 1. The maximum absolute atomic E-state index is 12.9. The van der Waals surface area contributed by atoms with Crippen LogP contribution in [0.1, 0.15) is 74.6 Å². The van der Waals surface area contributed by atoms with Crippen molar-refractivity contribution in [1.29, 1.82) is 0 Å². The molecule has 3 heterocycles. The Morgan fingerprint density at radius 3 is 2.69 bits per heavy atom. The van der Waals surface area contributed by atoms with Crippen LogP contribution in [0, 0.1) is 0 Å². The van der Waals surface area contributed by atoms with Gasteiger partial charge >= 0.3 is 5.97 Å². The average Bonchev–Trinajstić information content (AvgIpc) is 3.36. The molecule has 1 amide bonds. The number of aromatic nitrogens is 1. The summed E-state index contributed by atoms with van der Waals surface area (Å²) < 4.78 is 0. The van der Waals surface area contributed by atoms with Gasteiger partial charge in [-0.25, -0.2) is 9.78 Å². The van der Waals surface area contributed by atoms with E-state index in [4.69, 9.17) is 4.98 Å². The number of rotatable bonds is 13. The number of pyridine rings is 1. The number of aryl methyl sites for hydroxylation is 2. The summed E-state index contributed by atoms with van der Waals surface area (Å²) in [6.45, 7) is 2.59. The Labute approximate surface area is 214 Å². The van der Waals surface area contributed by atoms with Gasteiger partial charge in [-0.05, 0) is 68.7 Å². The van der Waals surface area contributed by atoms with E-state index in [-0.39, 0.29) is 11.9 Å². The van der Waals surface area contributed by atoms with Crippen LogP contribution in [0.15, 0.2) is 42.5 Å². The molecule has 2 aliphatic rings. The number of nitrogens with one attached hydrogen (secondary N) is 2. The molecular formula is C29H40N4O3. The standard InChI is InChI=1S/C29H40N4O3/c34-28(26-16-10-20-33(26)21-22-11-5-4-6-12-22)32-25(29(35)36)15-8-3-1-2-7-14-24-18-17-23-13-9-19-30-27(23)31-24/h4-6,11-12,17-18,25-26H,1-3,7-10,13-16,19-21H2,(H,30,31)(H,32,34)(H,35,36)/t25?,26-/m0/s1. The van der Waals surface area contributed by atoms with Crippen molar-refractivity contribution in [1.82, 2.24) is 15.2 Å². The summed E-state index contributed by atoms with van der Waals surface area (Å²) >= 11 is 0. The van der Waals surface area contributed by atoms with Crippen LogP contribution in [-0.4, -0.2) is 52.0 Å². The second-order valence-electron chi connectivity index (χ2n) is 10.2. The first-order chi connectivity index (χ1) is 17.6. The van der Waals surface area contributed by atoms with E-state index in [1.54, 1.807) is 0 Å². The fourth-order valence-corrected chi connectivity index (χ4v) is 5.35. The summed E-state index contributed by atoms with van der Waals surface area (Å²) in [5, 5.41) is 15.9. The zero-order chi connectivity index (χ0) is 25.2. The topological polar surface area (TPSA) is 94.6 Å². The Morgan fingerprint density at radius 1 is 1.06 bits per heavy atom. The van der Waals surface area contributed by atoms with E-state index in [9.17, 15) is 14.7 Å². The van der Waals surface area contributed by atoms with Gasteiger partial charge in [-0.2, -0.15) is 0 Å². The number of nitrogens with zero attached hydrogens (tertiary/aromatic N) is 2. The highest BCUT2D eigenvalue weighted by molar-refractivity contribution is 5.87. The average molecular weight is 493 g/mol. The highest BCUT2D eigenvalue weighted by Gasteiger charge is 2.32. The van der Waals surface area contributed by atoms with Crippen LogP contribution >= 0.6 is 0 Å². The number of benzene rings is 1. The highest BCUT2D eigenvalue weighted by Crippen LogP contribution is 2.22. The lowest BCUT2D eigenvalue weighted by molar-refractivity contribution is -0.142. The molecule has 7 heteroatoms. The number of carbonyl (C=O) groups excluding carboxylic acids is 1. The molecule has 0 aliphatic carbocycles. The molecule has 1 saturated heterocycles. The van der Waals surface area contributed by atoms with Crippen LogP contribution in [0.2, 0.25) is 0 Å². The molecule has 4 rings (SSSR count). The maximum Gasteiger partial charge on any atom is 0.326 e. The third kappa shape index (κ3) is 7.53. The first-order valence-electron chi connectivity index (χ1n) is 13.6. The molecule has 3 N–H and O–H groups in total. The number of hydrogen-bond donors (Lipinski definition) is 3. The van der Waals surface area contributed by atoms with Gasteiger partial charge in [-0.1, -0.05) is 62.1 Å². The molecular weight excluding hydrogens is 452 g/mol. The summed E-state index contributed by atoms with van der Waals surface area (Å²) in [5.74, 6) is -0.0350. The molecule has 2 atom stereocenters. The van der Waals surface area contributed by atoms with Crippen molar-refractivity contribution in [3.63, 3.8) is 0 Å². The predicted molar refractivity (Wildman–Crippen MR) is 142 cm³/mol. The normalized spacial score (nSPS) is 18.3. The molecule has 1 fully saturated rings. The Hall–Kier alpha value is -2.93. The molecule has 194 valence electrons. The third-order valence-corrected chi connectivity index (χ3v) is 7.39. The van der Waals surface area contributed by atoms with E-state index < -0.39 is 12.0 Å². The van der Waals surface area contributed by atoms with Crippen molar-refractivity contribution in [2.75, 3.05) is 18.4 Å². The molecule has 1 aromatic carbocycles. The van der Waals surface area contributed by atoms with Crippen molar-refractivity contribution in [2.24, 2.45) is 0 Å². The number of carboxylic acids is 1. The quantitative estimate of drug-likeness (QED) is 0.355. The summed E-state index contributed by atoms with van der Waals surface area (Å²) in [7, 11) is 0. The predicted octanol–water partition coefficient (Wildman–Crippen LogP) is 4.56. The van der Waals surface area contributed by atoms with E-state index in [0.29, 0.717) is 13.0 Å². The van der Waals surface area contributed by atoms with Crippen LogP contribution in [-0.2, 0) is 29.0 Å². The van der Waals surface area contributed by atoms with E-state index in [1.807, 2.05) is 18.2 Å². The van der Waals surface area contributed by atoms with Crippen LogP contribution < -0.4 is 10.6 Å². The van der Waals surface area contributed by atoms with Gasteiger partial charge in [-0.15, -0.1) is 0 Å². The SMILES string of the molecule is O=C(O)C(CCCCCCCc1ccc2c(n1)NCCC2)NC(=O)[C@@H]1CCCN1Cc1ccccc1. The van der Waals surface area contributed by atoms with Crippen LogP contribution in [0.4, 0.5) is 5.82 Å². The minimum Gasteiger partial charge on any atom is -0.480 e. The first-order valence-corrected chi connectivity index (χ1v) is 13.6. The van der Waals surface area contributed by atoms with Gasteiger partial charge in [0.1, 0.15) is 11.9 Å². The van der Waals surface area contributed by atoms with Crippen molar-refractivity contribution < 1.29 is 14.7 Å². The molecule has 2 aromatic rings. The first kappa shape index (κ1) is 26.1. The molecule has 7 nitrogen and oxygen atoms in total. The lowest BCUT2D eigenvalue weighted by atomic mass is 10.0. The number of aliphatic carboxylic acids is 1. The molecule has 36 heavy (non-hydrogen) atoms. The number of amides is 1. The fraction of sp³-hybridized carbons (Fsp3) is 0.552. The van der Waals surface area contributed by atoms with Crippen LogP contribution in [0.3, 0.4) is 0 Å². The zero-order valence-corrected chi connectivity index (χ0v) is 21.3. The largest absolute Gasteiger partial charge is 0.480 e. The number of fused-ring (bicyclic) bond motifs is 1. The van der Waals surface area contributed by atoms with Gasteiger partial charge in [0.05, 0.1) is 6.04 Å². The van der Waals surface area contributed by atoms with E-state index in [0.717, 1.165) is 82.4 Å². The lowest BCUT2D eigenvalue weighted by Gasteiger charge is -2.25. The number of carbonyl (C=O) groups is 2. The number of anilines is 1. The second-order valence-corrected chi connectivity index (χ2v) is 10.2. The number of unbranched alkanes of at least 4 members (excludes halogenated alkanes) is 4. The fourth-order valence-electron chi connectivity index (χ4n) is 5.35. The minimum atomic E-state index is -0.942. The second kappa shape index (κ2) is 13.4. The van der Waals surface area contributed by atoms with Gasteiger partial charge in [0, 0.05) is 18.8 Å². The molecule has 0 radical (unpaired) electrons. The van der Waals surface area contributed by atoms with Crippen LogP contribution in [0.25, 0.3) is 0 Å². The Balaban J connectivity index is 1.14. The molecule has 2 aliphatic heterocycles. The molecule has 0 spiro atoms. The van der Waals surface area contributed by atoms with E-state index >= 15 is 0 Å². The van der Waals surface area contributed by atoms with Gasteiger partial charge < -0.3 is 15.7 Å². The third-order valence-electron chi connectivity index (χ3n) is 7.39. The number of hydrogen-bond acceptors (Lipinski definition) is 5. The maximum atomic E-state index is 12.9. The summed E-state index contributed by atoms with van der Waals surface area (Å²) in [4.78, 5) is 31.7. The van der Waals surface area contributed by atoms with E-state index in [2.05, 4.69) is 39.8 Å². The number of likely N-dealkylation sites (tertiary alicyclic amines) is 1. The highest BCUT2D eigenvalue weighted by atomic mass is 16.4. The summed E-state index contributed by atoms with van der Waals surface area (Å²) in [5.41, 5.74) is 3.64. The van der Waals surface area contributed by atoms with E-state index in [1.165, 1.54) is 17.5 Å². The van der Waals surface area contributed by atoms with Crippen LogP contribution in [0.5, 0.6) is 0 Å². The lowest BCUT2D eigenvalue weighted by Crippen LogP contribution is -2.49. The van der Waals surface area contributed by atoms with Gasteiger partial charge in [0.2, 0.25) is 5.91 Å². The Morgan fingerprint density at radius 2 is 1.86 bits per heavy atom. The Kier molecular flexibility index (Phi) is 9.73. The Bertz CT molecular complexity index is 997. The van der Waals surface area contributed by atoms with Crippen molar-refractivity contribution in [3.05, 3.63) is 59.3 Å². The molecule has 1 aromatic heterocycles.